The van der Waals surface area contributed by atoms with Crippen molar-refractivity contribution < 1.29 is 4.79 Å². The summed E-state index contributed by atoms with van der Waals surface area (Å²) < 4.78 is 0. The average molecular weight is 454 g/mol. The summed E-state index contributed by atoms with van der Waals surface area (Å²) in [5.74, 6) is 0.803. The number of halogens is 1. The number of fused-ring (bicyclic) bond motifs is 1. The van der Waals surface area contributed by atoms with Crippen LogP contribution in [-0.2, 0) is 4.79 Å². The number of carbonyl (C=O) groups excluding carboxylic acids is 1. The molecule has 0 bridgehead atoms. The summed E-state index contributed by atoms with van der Waals surface area (Å²) in [6.07, 6.45) is 4.94. The maximum atomic E-state index is 13.0. The highest BCUT2D eigenvalue weighted by Gasteiger charge is 2.38. The van der Waals surface area contributed by atoms with Gasteiger partial charge in [0.1, 0.15) is 16.7 Å². The van der Waals surface area contributed by atoms with E-state index >= 15 is 0 Å². The molecule has 2 aromatic heterocycles. The predicted molar refractivity (Wildman–Crippen MR) is 125 cm³/mol. The Morgan fingerprint density at radius 2 is 2.06 bits per heavy atom. The van der Waals surface area contributed by atoms with Gasteiger partial charge in [-0.1, -0.05) is 18.5 Å². The number of hydrogen-bond acceptors (Lipinski definition) is 8. The molecule has 0 saturated carbocycles. The van der Waals surface area contributed by atoms with Gasteiger partial charge < -0.3 is 20.9 Å². The van der Waals surface area contributed by atoms with E-state index < -0.39 is 6.04 Å². The summed E-state index contributed by atoms with van der Waals surface area (Å²) in [5, 5.41) is 10.9. The Morgan fingerprint density at radius 1 is 1.32 bits per heavy atom. The van der Waals surface area contributed by atoms with Crippen molar-refractivity contribution in [3.63, 3.8) is 0 Å². The molecule has 4 rings (SSSR count). The molecular weight excluding hydrogens is 434 g/mol. The van der Waals surface area contributed by atoms with Crippen LogP contribution in [0.1, 0.15) is 24.2 Å². The molecule has 3 N–H and O–H groups in total. The van der Waals surface area contributed by atoms with E-state index in [1.54, 1.807) is 36.5 Å². The van der Waals surface area contributed by atoms with E-state index in [4.69, 9.17) is 27.7 Å². The first-order chi connectivity index (χ1) is 15.0. The molecule has 0 spiro atoms. The van der Waals surface area contributed by atoms with Crippen molar-refractivity contribution in [2.45, 2.75) is 19.4 Å². The number of likely N-dealkylation sites (N-methyl/N-ethyl adjacent to an activating group) is 1. The maximum Gasteiger partial charge on any atom is 0.250 e. The van der Waals surface area contributed by atoms with Crippen molar-refractivity contribution in [1.82, 2.24) is 15.0 Å². The zero-order valence-electron chi connectivity index (χ0n) is 16.9. The van der Waals surface area contributed by atoms with Gasteiger partial charge in [-0.2, -0.15) is 0 Å². The summed E-state index contributed by atoms with van der Waals surface area (Å²) in [4.78, 5) is 29.9. The van der Waals surface area contributed by atoms with Crippen molar-refractivity contribution >= 4 is 63.5 Å². The number of thiazole rings is 1. The second kappa shape index (κ2) is 8.44. The molecule has 1 aliphatic heterocycles. The third-order valence-electron chi connectivity index (χ3n) is 5.10. The van der Waals surface area contributed by atoms with Crippen LogP contribution in [0.25, 0.3) is 11.3 Å². The Kier molecular flexibility index (Phi) is 5.71. The van der Waals surface area contributed by atoms with Crippen LogP contribution in [0.4, 0.5) is 17.2 Å². The van der Waals surface area contributed by atoms with Crippen LogP contribution >= 0.6 is 22.9 Å². The molecule has 31 heavy (non-hydrogen) atoms. The molecule has 158 valence electrons. The van der Waals surface area contributed by atoms with Crippen LogP contribution in [0.5, 0.6) is 0 Å². The topological polar surface area (TPSA) is 112 Å². The first-order valence-electron chi connectivity index (χ1n) is 9.56. The zero-order chi connectivity index (χ0) is 22.1. The second-order valence-electron chi connectivity index (χ2n) is 6.88. The molecule has 3 aromatic rings. The molecule has 1 aliphatic rings. The van der Waals surface area contributed by atoms with E-state index in [0.29, 0.717) is 39.2 Å². The first kappa shape index (κ1) is 21.0. The average Bonchev–Trinajstić information content (AvgIpc) is 3.32. The molecule has 0 unspecified atom stereocenters. The van der Waals surface area contributed by atoms with Crippen molar-refractivity contribution in [2.24, 2.45) is 5.73 Å². The lowest BCUT2D eigenvalue weighted by molar-refractivity contribution is -0.119. The predicted octanol–water partition coefficient (Wildman–Crippen LogP) is 3.96. The minimum atomic E-state index is -0.440. The maximum absolute atomic E-state index is 13.0. The van der Waals surface area contributed by atoms with Gasteiger partial charge in [0.25, 0.3) is 0 Å². The number of carbonyl (C=O) groups is 1. The summed E-state index contributed by atoms with van der Waals surface area (Å²) in [7, 11) is 1.71. The fraction of sp³-hybridized carbons (Fsp3) is 0.190. The largest absolute Gasteiger partial charge is 0.396 e. The molecule has 8 nitrogen and oxygen atoms in total. The number of aromatic nitrogens is 3. The second-order valence-corrected chi connectivity index (χ2v) is 8.21. The van der Waals surface area contributed by atoms with Crippen LogP contribution < -0.4 is 15.5 Å². The molecule has 0 saturated heterocycles. The SMILES string of the molecule is CC[C@H]1C(=O)N(C)c2cnc(/C(C=N)=C(/N)c3nccs3)nc2N1c1ccc(Cl)cc1. The number of nitrogens with one attached hydrogen (secondary N) is 1. The van der Waals surface area contributed by atoms with Gasteiger partial charge in [-0.25, -0.2) is 15.0 Å². The van der Waals surface area contributed by atoms with Gasteiger partial charge in [-0.05, 0) is 30.7 Å². The highest BCUT2D eigenvalue weighted by molar-refractivity contribution is 7.10. The van der Waals surface area contributed by atoms with E-state index in [1.807, 2.05) is 29.3 Å². The number of amides is 1. The van der Waals surface area contributed by atoms with Crippen LogP contribution in [0.2, 0.25) is 5.02 Å². The van der Waals surface area contributed by atoms with Crippen LogP contribution in [0.15, 0.2) is 42.0 Å². The highest BCUT2D eigenvalue weighted by Crippen LogP contribution is 2.40. The highest BCUT2D eigenvalue weighted by atomic mass is 35.5. The molecule has 0 radical (unpaired) electrons. The van der Waals surface area contributed by atoms with E-state index in [0.717, 1.165) is 11.9 Å². The molecule has 3 heterocycles. The number of allylic oxidation sites excluding steroid dienone is 1. The van der Waals surface area contributed by atoms with E-state index in [1.165, 1.54) is 11.3 Å². The van der Waals surface area contributed by atoms with Gasteiger partial charge in [-0.3, -0.25) is 4.79 Å². The minimum Gasteiger partial charge on any atom is -0.396 e. The first-order valence-corrected chi connectivity index (χ1v) is 10.8. The summed E-state index contributed by atoms with van der Waals surface area (Å²) in [5.41, 5.74) is 8.33. The number of hydrogen-bond donors (Lipinski definition) is 2. The van der Waals surface area contributed by atoms with Crippen LogP contribution in [0, 0.1) is 5.41 Å². The van der Waals surface area contributed by atoms with Crippen LogP contribution in [0.3, 0.4) is 0 Å². The minimum absolute atomic E-state index is 0.0496. The Bertz CT molecular complexity index is 1160. The Labute approximate surface area is 188 Å². The normalized spacial score (nSPS) is 16.7. The third kappa shape index (κ3) is 3.66. The lowest BCUT2D eigenvalue weighted by Gasteiger charge is -2.40. The van der Waals surface area contributed by atoms with Gasteiger partial charge in [0.2, 0.25) is 5.91 Å². The lowest BCUT2D eigenvalue weighted by Crippen LogP contribution is -2.50. The zero-order valence-corrected chi connectivity index (χ0v) is 18.5. The fourth-order valence-corrected chi connectivity index (χ4v) is 4.24. The summed E-state index contributed by atoms with van der Waals surface area (Å²) in [6.45, 7) is 1.95. The van der Waals surface area contributed by atoms with E-state index in [2.05, 4.69) is 9.97 Å². The molecular formula is C21H20ClN7OS. The molecule has 1 aromatic carbocycles. The number of nitrogens with two attached hydrogens (primary N) is 1. The van der Waals surface area contributed by atoms with Crippen LogP contribution in [-0.4, -0.2) is 40.2 Å². The third-order valence-corrected chi connectivity index (χ3v) is 6.15. The number of benzene rings is 1. The standard InChI is InChI=1S/C21H20ClN7OS/c1-3-15-21(30)28(2)16-11-26-18(14(10-23)17(24)20-25-8-9-31-20)27-19(16)29(15)13-6-4-12(22)5-7-13/h4-11,15,23H,3,24H2,1-2H3/b17-14+,23-10?/t15-/m0/s1. The van der Waals surface area contributed by atoms with Crippen molar-refractivity contribution in [1.29, 1.82) is 5.41 Å². The molecule has 0 fully saturated rings. The Balaban J connectivity index is 1.91. The van der Waals surface area contributed by atoms with E-state index in [9.17, 15) is 4.79 Å². The quantitative estimate of drug-likeness (QED) is 0.565. The smallest absolute Gasteiger partial charge is 0.250 e. The lowest BCUT2D eigenvalue weighted by atomic mass is 10.1. The Morgan fingerprint density at radius 3 is 2.68 bits per heavy atom. The Hall–Kier alpha value is -3.30. The van der Waals surface area contributed by atoms with Gasteiger partial charge in [0.15, 0.2) is 11.6 Å². The number of anilines is 3. The van der Waals surface area contributed by atoms with Crippen molar-refractivity contribution in [2.75, 3.05) is 16.8 Å². The molecule has 1 amide bonds. The number of nitrogens with zero attached hydrogens (tertiary/aromatic N) is 5. The van der Waals surface area contributed by atoms with Gasteiger partial charge in [-0.15, -0.1) is 11.3 Å². The van der Waals surface area contributed by atoms with Gasteiger partial charge >= 0.3 is 0 Å². The molecule has 10 heteroatoms. The van der Waals surface area contributed by atoms with Crippen molar-refractivity contribution in [3.05, 3.63) is 57.9 Å². The summed E-state index contributed by atoms with van der Waals surface area (Å²) in [6, 6.07) is 6.82. The van der Waals surface area contributed by atoms with Gasteiger partial charge in [0.05, 0.1) is 17.5 Å². The molecule has 0 aliphatic carbocycles. The van der Waals surface area contributed by atoms with Gasteiger partial charge in [0, 0.05) is 35.5 Å². The van der Waals surface area contributed by atoms with E-state index in [-0.39, 0.29) is 11.7 Å². The number of rotatable bonds is 5. The van der Waals surface area contributed by atoms with Crippen molar-refractivity contribution in [3.8, 4) is 0 Å². The fourth-order valence-electron chi connectivity index (χ4n) is 3.51. The summed E-state index contributed by atoms with van der Waals surface area (Å²) >= 11 is 7.45. The molecule has 1 atom stereocenters. The monoisotopic (exact) mass is 453 g/mol.